The molecule has 0 aromatic heterocycles. The summed E-state index contributed by atoms with van der Waals surface area (Å²) >= 11 is 0. The molecule has 2 rings (SSSR count). The lowest BCUT2D eigenvalue weighted by Crippen LogP contribution is -2.27. The van der Waals surface area contributed by atoms with Crippen molar-refractivity contribution in [1.82, 2.24) is 5.32 Å². The molecule has 1 unspecified atom stereocenters. The van der Waals surface area contributed by atoms with Crippen LogP contribution in [-0.4, -0.2) is 24.2 Å². The van der Waals surface area contributed by atoms with Gasteiger partial charge in [-0.05, 0) is 35.8 Å². The van der Waals surface area contributed by atoms with Crippen LogP contribution in [0.2, 0.25) is 0 Å². The molecule has 0 aliphatic carbocycles. The maximum atomic E-state index is 12.1. The average molecular weight is 347 g/mol. The third-order valence-corrected chi connectivity index (χ3v) is 3.47. The molecule has 4 nitrogen and oxygen atoms in total. The standard InChI is InChI=1S/C19H19F2NO3/c20-19(21)25-16-9-6-14(7-10-16)8-11-18(24)22-17(12-13-23)15-4-2-1-3-5-15/h1-11,17,19,23H,12-13H2,(H,22,24)/b11-8+. The van der Waals surface area contributed by atoms with E-state index in [1.807, 2.05) is 30.3 Å². The topological polar surface area (TPSA) is 58.6 Å². The highest BCUT2D eigenvalue weighted by molar-refractivity contribution is 5.92. The van der Waals surface area contributed by atoms with Gasteiger partial charge in [0, 0.05) is 12.7 Å². The van der Waals surface area contributed by atoms with Crippen LogP contribution in [0.4, 0.5) is 8.78 Å². The zero-order valence-electron chi connectivity index (χ0n) is 13.4. The SMILES string of the molecule is O=C(/C=C/c1ccc(OC(F)F)cc1)NC(CCO)c1ccccc1. The Morgan fingerprint density at radius 1 is 1.12 bits per heavy atom. The molecule has 0 saturated heterocycles. The number of amides is 1. The molecule has 25 heavy (non-hydrogen) atoms. The summed E-state index contributed by atoms with van der Waals surface area (Å²) in [6.07, 6.45) is 3.34. The number of carbonyl (C=O) groups is 1. The Balaban J connectivity index is 1.96. The molecule has 2 aromatic rings. The number of nitrogens with one attached hydrogen (secondary N) is 1. The van der Waals surface area contributed by atoms with Crippen LogP contribution in [0.15, 0.2) is 60.7 Å². The second-order valence-corrected chi connectivity index (χ2v) is 5.27. The molecule has 2 N–H and O–H groups in total. The van der Waals surface area contributed by atoms with Crippen LogP contribution in [0.3, 0.4) is 0 Å². The van der Waals surface area contributed by atoms with Gasteiger partial charge in [0.25, 0.3) is 0 Å². The molecule has 0 bridgehead atoms. The number of halogens is 2. The van der Waals surface area contributed by atoms with Gasteiger partial charge in [0.2, 0.25) is 5.91 Å². The second kappa shape index (κ2) is 9.54. The van der Waals surface area contributed by atoms with Crippen molar-refractivity contribution in [1.29, 1.82) is 0 Å². The molecule has 1 amide bonds. The predicted octanol–water partition coefficient (Wildman–Crippen LogP) is 3.54. The Hall–Kier alpha value is -2.73. The molecular formula is C19H19F2NO3. The fraction of sp³-hybridized carbons (Fsp3) is 0.211. The number of aliphatic hydroxyl groups is 1. The van der Waals surface area contributed by atoms with Gasteiger partial charge in [0.05, 0.1) is 6.04 Å². The summed E-state index contributed by atoms with van der Waals surface area (Å²) in [5.74, 6) is -0.251. The van der Waals surface area contributed by atoms with Crippen molar-refractivity contribution >= 4 is 12.0 Å². The Kier molecular flexibility index (Phi) is 7.10. The van der Waals surface area contributed by atoms with Crippen molar-refractivity contribution in [3.05, 3.63) is 71.8 Å². The number of hydrogen-bond donors (Lipinski definition) is 2. The Labute approximate surface area is 144 Å². The first-order chi connectivity index (χ1) is 12.1. The smallest absolute Gasteiger partial charge is 0.387 e. The van der Waals surface area contributed by atoms with Gasteiger partial charge < -0.3 is 15.2 Å². The molecule has 1 atom stereocenters. The van der Waals surface area contributed by atoms with Crippen LogP contribution in [-0.2, 0) is 4.79 Å². The van der Waals surface area contributed by atoms with E-state index in [2.05, 4.69) is 10.1 Å². The molecule has 0 fully saturated rings. The van der Waals surface area contributed by atoms with E-state index in [4.69, 9.17) is 0 Å². The summed E-state index contributed by atoms with van der Waals surface area (Å²) < 4.78 is 28.4. The number of alkyl halides is 2. The quantitative estimate of drug-likeness (QED) is 0.718. The minimum Gasteiger partial charge on any atom is -0.435 e. The summed E-state index contributed by atoms with van der Waals surface area (Å²) in [6.45, 7) is -2.91. The van der Waals surface area contributed by atoms with E-state index in [1.54, 1.807) is 18.2 Å². The van der Waals surface area contributed by atoms with Crippen LogP contribution in [0.25, 0.3) is 6.08 Å². The first-order valence-corrected chi connectivity index (χ1v) is 7.77. The van der Waals surface area contributed by atoms with Gasteiger partial charge in [-0.15, -0.1) is 0 Å². The highest BCUT2D eigenvalue weighted by Crippen LogP contribution is 2.17. The molecule has 2 aromatic carbocycles. The first-order valence-electron chi connectivity index (χ1n) is 7.77. The van der Waals surface area contributed by atoms with Gasteiger partial charge in [-0.1, -0.05) is 42.5 Å². The van der Waals surface area contributed by atoms with E-state index < -0.39 is 6.61 Å². The number of hydrogen-bond acceptors (Lipinski definition) is 3. The molecule has 0 saturated carbocycles. The van der Waals surface area contributed by atoms with Crippen molar-refractivity contribution in [3.63, 3.8) is 0 Å². The zero-order valence-corrected chi connectivity index (χ0v) is 13.4. The minimum absolute atomic E-state index is 0.0465. The number of rotatable bonds is 8. The summed E-state index contributed by atoms with van der Waals surface area (Å²) in [6, 6.07) is 15.0. The Bertz CT molecular complexity index is 688. The molecule has 0 heterocycles. The predicted molar refractivity (Wildman–Crippen MR) is 91.1 cm³/mol. The largest absolute Gasteiger partial charge is 0.435 e. The molecule has 132 valence electrons. The van der Waals surface area contributed by atoms with Gasteiger partial charge in [0.1, 0.15) is 5.75 Å². The van der Waals surface area contributed by atoms with Crippen molar-refractivity contribution in [2.24, 2.45) is 0 Å². The van der Waals surface area contributed by atoms with Gasteiger partial charge >= 0.3 is 6.61 Å². The number of ether oxygens (including phenoxy) is 1. The fourth-order valence-corrected chi connectivity index (χ4v) is 2.29. The third-order valence-electron chi connectivity index (χ3n) is 3.47. The van der Waals surface area contributed by atoms with Crippen LogP contribution in [0.5, 0.6) is 5.75 Å². The van der Waals surface area contributed by atoms with Crippen molar-refractivity contribution in [2.75, 3.05) is 6.61 Å². The second-order valence-electron chi connectivity index (χ2n) is 5.27. The van der Waals surface area contributed by atoms with Crippen LogP contribution in [0.1, 0.15) is 23.6 Å². The van der Waals surface area contributed by atoms with E-state index in [0.29, 0.717) is 12.0 Å². The highest BCUT2D eigenvalue weighted by atomic mass is 19.3. The molecular weight excluding hydrogens is 328 g/mol. The average Bonchev–Trinajstić information content (AvgIpc) is 2.61. The number of aliphatic hydroxyl groups excluding tert-OH is 1. The van der Waals surface area contributed by atoms with Crippen LogP contribution >= 0.6 is 0 Å². The van der Waals surface area contributed by atoms with Gasteiger partial charge in [-0.2, -0.15) is 8.78 Å². The van der Waals surface area contributed by atoms with E-state index in [1.165, 1.54) is 18.2 Å². The van der Waals surface area contributed by atoms with Crippen molar-refractivity contribution in [2.45, 2.75) is 19.1 Å². The lowest BCUT2D eigenvalue weighted by molar-refractivity contribution is -0.117. The Morgan fingerprint density at radius 3 is 2.40 bits per heavy atom. The van der Waals surface area contributed by atoms with Crippen molar-refractivity contribution < 1.29 is 23.4 Å². The molecule has 0 radical (unpaired) electrons. The fourth-order valence-electron chi connectivity index (χ4n) is 2.29. The van der Waals surface area contributed by atoms with E-state index in [-0.39, 0.29) is 24.3 Å². The number of carbonyl (C=O) groups excluding carboxylic acids is 1. The van der Waals surface area contributed by atoms with Crippen molar-refractivity contribution in [3.8, 4) is 5.75 Å². The Morgan fingerprint density at radius 2 is 1.80 bits per heavy atom. The van der Waals surface area contributed by atoms with Crippen LogP contribution < -0.4 is 10.1 Å². The lowest BCUT2D eigenvalue weighted by atomic mass is 10.0. The number of benzene rings is 2. The maximum Gasteiger partial charge on any atom is 0.387 e. The third kappa shape index (κ3) is 6.35. The maximum absolute atomic E-state index is 12.1. The van der Waals surface area contributed by atoms with E-state index in [9.17, 15) is 18.7 Å². The summed E-state index contributed by atoms with van der Waals surface area (Å²) in [5.41, 5.74) is 1.59. The molecule has 0 aliphatic heterocycles. The summed E-state index contributed by atoms with van der Waals surface area (Å²) in [4.78, 5) is 12.1. The highest BCUT2D eigenvalue weighted by Gasteiger charge is 2.12. The van der Waals surface area contributed by atoms with Gasteiger partial charge in [-0.3, -0.25) is 4.79 Å². The lowest BCUT2D eigenvalue weighted by Gasteiger charge is -2.17. The summed E-state index contributed by atoms with van der Waals surface area (Å²) in [5, 5.41) is 12.0. The van der Waals surface area contributed by atoms with Crippen LogP contribution in [0, 0.1) is 0 Å². The molecule has 0 spiro atoms. The summed E-state index contributed by atoms with van der Waals surface area (Å²) in [7, 11) is 0. The first kappa shape index (κ1) is 18.6. The zero-order chi connectivity index (χ0) is 18.1. The van der Waals surface area contributed by atoms with Gasteiger partial charge in [-0.25, -0.2) is 0 Å². The van der Waals surface area contributed by atoms with E-state index >= 15 is 0 Å². The monoisotopic (exact) mass is 347 g/mol. The normalized spacial score (nSPS) is 12.3. The minimum atomic E-state index is -2.87. The van der Waals surface area contributed by atoms with Gasteiger partial charge in [0.15, 0.2) is 0 Å². The molecule has 0 aliphatic rings. The molecule has 6 heteroatoms. The van der Waals surface area contributed by atoms with E-state index in [0.717, 1.165) is 5.56 Å².